The van der Waals surface area contributed by atoms with Crippen molar-refractivity contribution in [2.24, 2.45) is 10.9 Å². The lowest BCUT2D eigenvalue weighted by atomic mass is 9.56. The smallest absolute Gasteiger partial charge is 0.342 e. The van der Waals surface area contributed by atoms with Crippen molar-refractivity contribution in [1.82, 2.24) is 4.90 Å². The first-order valence-corrected chi connectivity index (χ1v) is 18.5. The summed E-state index contributed by atoms with van der Waals surface area (Å²) < 4.78 is 27.5. The molecule has 2 aromatic rings. The van der Waals surface area contributed by atoms with Gasteiger partial charge in [0.1, 0.15) is 29.8 Å². The number of aromatic hydroxyl groups is 2. The van der Waals surface area contributed by atoms with E-state index in [1.54, 1.807) is 6.92 Å². The number of phenols is 2. The van der Waals surface area contributed by atoms with Gasteiger partial charge in [-0.15, -0.1) is 0 Å². The van der Waals surface area contributed by atoms with E-state index in [1.807, 2.05) is 4.90 Å². The topological polar surface area (TPSA) is 268 Å². The van der Waals surface area contributed by atoms with Gasteiger partial charge in [0, 0.05) is 57.0 Å². The Kier molecular flexibility index (Phi) is 10.7. The molecule has 6 N–H and O–H groups in total. The first-order valence-electron chi connectivity index (χ1n) is 18.5. The molecule has 306 valence electrons. The molecule has 8 atom stereocenters. The van der Waals surface area contributed by atoms with E-state index in [1.165, 1.54) is 20.1 Å². The van der Waals surface area contributed by atoms with Gasteiger partial charge in [-0.05, 0) is 31.0 Å². The van der Waals surface area contributed by atoms with E-state index in [9.17, 15) is 54.6 Å². The number of methoxy groups -OCH3 is 2. The third kappa shape index (κ3) is 5.96. The number of hydrogen-bond acceptors (Lipinski definition) is 18. The van der Waals surface area contributed by atoms with Crippen LogP contribution < -0.4 is 0 Å². The van der Waals surface area contributed by atoms with Crippen molar-refractivity contribution in [2.45, 2.75) is 68.5 Å². The number of aliphatic imine (C=N–C) groups is 1. The van der Waals surface area contributed by atoms with E-state index in [0.717, 1.165) is 13.2 Å². The van der Waals surface area contributed by atoms with Gasteiger partial charge >= 0.3 is 5.97 Å². The number of Topliss-reactive ketones (excluding diaryl/α,β-unsaturated/α-hetero) is 4. The minimum atomic E-state index is -3.27. The molecule has 0 amide bonds. The van der Waals surface area contributed by atoms with Gasteiger partial charge < -0.3 is 54.3 Å². The van der Waals surface area contributed by atoms with Crippen LogP contribution in [-0.2, 0) is 35.7 Å². The van der Waals surface area contributed by atoms with Crippen molar-refractivity contribution in [1.29, 1.82) is 0 Å². The Morgan fingerprint density at radius 2 is 1.72 bits per heavy atom. The molecule has 0 bridgehead atoms. The first kappa shape index (κ1) is 40.7. The Morgan fingerprint density at radius 3 is 2.37 bits per heavy atom. The quantitative estimate of drug-likeness (QED) is 0.182. The number of aliphatic hydroxyl groups excluding tert-OH is 3. The lowest BCUT2D eigenvalue weighted by molar-refractivity contribution is -0.206. The molecule has 3 aliphatic carbocycles. The molecule has 2 aromatic carbocycles. The Hall–Kier alpha value is -4.50. The average molecular weight is 797 g/mol. The molecule has 2 fully saturated rings. The third-order valence-electron chi connectivity index (χ3n) is 11.9. The van der Waals surface area contributed by atoms with E-state index in [2.05, 4.69) is 4.99 Å². The number of aryl methyl sites for hydroxylation is 1. The SMILES string of the molecule is CO[C@H]1[C@H](C)OC(N=C2CC(=O)c3c(cc4c(c3O)C(=O)[C@]3(OC)[C@H](O)Cc5cc(C)c(C(=O)OCCN6CCOCC6)c(O)c5[C@]3(O)C4=O)C2=O)C(CO)[C@@H]1O. The van der Waals surface area contributed by atoms with Crippen LogP contribution in [0.15, 0.2) is 17.1 Å². The fourth-order valence-corrected chi connectivity index (χ4v) is 9.01. The number of phenolic OH excluding ortho intramolecular Hbond substituents is 2. The second-order valence-electron chi connectivity index (χ2n) is 14.9. The number of aliphatic hydroxyl groups is 4. The zero-order valence-corrected chi connectivity index (χ0v) is 31.6. The second-order valence-corrected chi connectivity index (χ2v) is 14.9. The summed E-state index contributed by atoms with van der Waals surface area (Å²) in [5, 5.41) is 68.6. The Morgan fingerprint density at radius 1 is 1.02 bits per heavy atom. The van der Waals surface area contributed by atoms with Gasteiger partial charge in [-0.25, -0.2) is 4.79 Å². The second kappa shape index (κ2) is 15.0. The minimum Gasteiger partial charge on any atom is -0.507 e. The number of carbonyl (C=O) groups excluding carboxylic acids is 5. The van der Waals surface area contributed by atoms with Gasteiger partial charge in [0.15, 0.2) is 23.2 Å². The number of benzene rings is 2. The van der Waals surface area contributed by atoms with Crippen LogP contribution in [0.5, 0.6) is 11.5 Å². The van der Waals surface area contributed by atoms with Gasteiger partial charge in [0.2, 0.25) is 17.3 Å². The molecule has 7 rings (SSSR count). The summed E-state index contributed by atoms with van der Waals surface area (Å²) in [5.74, 6) is -8.69. The highest BCUT2D eigenvalue weighted by atomic mass is 16.6. The van der Waals surface area contributed by atoms with E-state index in [4.69, 9.17) is 23.7 Å². The molecule has 18 nitrogen and oxygen atoms in total. The largest absolute Gasteiger partial charge is 0.507 e. The highest BCUT2D eigenvalue weighted by molar-refractivity contribution is 6.53. The summed E-state index contributed by atoms with van der Waals surface area (Å²) >= 11 is 0. The van der Waals surface area contributed by atoms with E-state index >= 15 is 0 Å². The molecule has 0 radical (unpaired) electrons. The van der Waals surface area contributed by atoms with Crippen molar-refractivity contribution in [3.05, 3.63) is 56.6 Å². The van der Waals surface area contributed by atoms with Gasteiger partial charge in [-0.2, -0.15) is 0 Å². The first-order chi connectivity index (χ1) is 27.1. The number of esters is 1. The van der Waals surface area contributed by atoms with Crippen molar-refractivity contribution in [3.8, 4) is 11.5 Å². The monoisotopic (exact) mass is 796 g/mol. The van der Waals surface area contributed by atoms with Crippen molar-refractivity contribution >= 4 is 34.8 Å². The molecule has 0 spiro atoms. The predicted octanol–water partition coefficient (Wildman–Crippen LogP) is -0.596. The third-order valence-corrected chi connectivity index (χ3v) is 11.9. The van der Waals surface area contributed by atoms with Gasteiger partial charge in [0.05, 0.1) is 67.3 Å². The van der Waals surface area contributed by atoms with Crippen LogP contribution >= 0.6 is 0 Å². The summed E-state index contributed by atoms with van der Waals surface area (Å²) in [7, 11) is 2.27. The number of ether oxygens (including phenoxy) is 5. The number of carbonyl (C=O) groups is 5. The molecule has 2 saturated heterocycles. The Labute approximate surface area is 325 Å². The lowest BCUT2D eigenvalue weighted by Crippen LogP contribution is -2.73. The zero-order valence-electron chi connectivity index (χ0n) is 31.6. The number of morpholine rings is 1. The highest BCUT2D eigenvalue weighted by Gasteiger charge is 2.72. The van der Waals surface area contributed by atoms with Crippen LogP contribution in [0.4, 0.5) is 0 Å². The average Bonchev–Trinajstić information content (AvgIpc) is 3.16. The van der Waals surface area contributed by atoms with Gasteiger partial charge in [0.25, 0.3) is 0 Å². The van der Waals surface area contributed by atoms with Crippen molar-refractivity contribution in [2.75, 3.05) is 60.3 Å². The molecule has 18 heteroatoms. The van der Waals surface area contributed by atoms with Crippen LogP contribution in [0.2, 0.25) is 0 Å². The Balaban J connectivity index is 1.32. The summed E-state index contributed by atoms with van der Waals surface area (Å²) in [6.07, 6.45) is -7.33. The normalized spacial score (nSPS) is 32.1. The molecular formula is C39H44N2O16. The molecular weight excluding hydrogens is 752 g/mol. The maximum absolute atomic E-state index is 14.8. The molecule has 5 aliphatic rings. The molecule has 57 heavy (non-hydrogen) atoms. The zero-order chi connectivity index (χ0) is 41.3. The predicted molar refractivity (Wildman–Crippen MR) is 193 cm³/mol. The fourth-order valence-electron chi connectivity index (χ4n) is 9.01. The maximum atomic E-state index is 14.8. The van der Waals surface area contributed by atoms with Crippen LogP contribution in [0.3, 0.4) is 0 Å². The standard InChI is InChI=1S/C39H44N2O16/c1-16-11-18-12-24(44)39(54-4)35(50)27-20(34(49)38(39,52)28(18)32(48)25(16)37(51)56-10-7-41-5-8-55-9-6-41)13-19-26(31(27)47)23(43)14-22(29(19)45)40-36-21(15-42)30(46)33(53-3)17(2)57-36/h11,13,17,21,24,30,33,36,42,44,46-48,52H,5-10,12,14-15H2,1-4H3/t17-,21?,24+,30-,33-,36?,38-,39+/m0/s1. The van der Waals surface area contributed by atoms with Crippen molar-refractivity contribution in [3.63, 3.8) is 0 Å². The van der Waals surface area contributed by atoms with Gasteiger partial charge in [-0.3, -0.25) is 29.1 Å². The van der Waals surface area contributed by atoms with Crippen LogP contribution in [0.25, 0.3) is 0 Å². The fraction of sp³-hybridized carbons (Fsp3) is 0.538. The number of nitrogens with zero attached hydrogens (tertiary/aromatic N) is 2. The molecule has 0 saturated carbocycles. The van der Waals surface area contributed by atoms with Crippen LogP contribution in [-0.4, -0.2) is 167 Å². The number of rotatable bonds is 8. The van der Waals surface area contributed by atoms with Crippen molar-refractivity contribution < 1.29 is 78.3 Å². The number of ketones is 4. The molecule has 2 heterocycles. The Bertz CT molecular complexity index is 2090. The molecule has 2 unspecified atom stereocenters. The summed E-state index contributed by atoms with van der Waals surface area (Å²) in [5.41, 5.74) is -10.3. The van der Waals surface area contributed by atoms with E-state index < -0.39 is 147 Å². The minimum absolute atomic E-state index is 0.0111. The number of fused-ring (bicyclic) bond motifs is 5. The highest BCUT2D eigenvalue weighted by Crippen LogP contribution is 2.56. The van der Waals surface area contributed by atoms with Gasteiger partial charge in [-0.1, -0.05) is 6.07 Å². The summed E-state index contributed by atoms with van der Waals surface area (Å²) in [4.78, 5) is 77.0. The summed E-state index contributed by atoms with van der Waals surface area (Å²) in [6.45, 7) is 4.98. The number of hydrogen-bond donors (Lipinski definition) is 6. The molecule has 2 aliphatic heterocycles. The summed E-state index contributed by atoms with van der Waals surface area (Å²) in [6, 6.07) is 2.20. The van der Waals surface area contributed by atoms with Crippen LogP contribution in [0.1, 0.15) is 81.8 Å². The van der Waals surface area contributed by atoms with E-state index in [-0.39, 0.29) is 17.7 Å². The lowest BCUT2D eigenvalue weighted by Gasteiger charge is -2.52. The van der Waals surface area contributed by atoms with E-state index in [0.29, 0.717) is 32.8 Å². The van der Waals surface area contributed by atoms with Crippen LogP contribution in [0, 0.1) is 12.8 Å². The maximum Gasteiger partial charge on any atom is 0.342 e. The molecule has 0 aromatic heterocycles.